The molecular formula is C31H34Si. The van der Waals surface area contributed by atoms with Crippen LogP contribution in [0.3, 0.4) is 0 Å². The van der Waals surface area contributed by atoms with E-state index in [0.717, 1.165) is 0 Å². The minimum atomic E-state index is -1.43. The summed E-state index contributed by atoms with van der Waals surface area (Å²) in [4.78, 5) is 0. The summed E-state index contributed by atoms with van der Waals surface area (Å²) in [6.07, 6.45) is 3.92. The summed E-state index contributed by atoms with van der Waals surface area (Å²) in [5, 5.41) is 12.6. The first-order valence-corrected chi connectivity index (χ1v) is 15.1. The highest BCUT2D eigenvalue weighted by Gasteiger charge is 2.32. The van der Waals surface area contributed by atoms with Gasteiger partial charge >= 0.3 is 0 Å². The molecule has 0 radical (unpaired) electrons. The van der Waals surface area contributed by atoms with E-state index >= 15 is 0 Å². The molecule has 0 aliphatic rings. The highest BCUT2D eigenvalue weighted by molar-refractivity contribution is 6.92. The Morgan fingerprint density at radius 3 is 1.62 bits per heavy atom. The highest BCUT2D eigenvalue weighted by atomic mass is 28.3. The minimum Gasteiger partial charge on any atom is -0.0656 e. The number of hydrogen-bond acceptors (Lipinski definition) is 0. The fourth-order valence-electron chi connectivity index (χ4n) is 6.14. The maximum atomic E-state index is 2.56. The van der Waals surface area contributed by atoms with Crippen LogP contribution in [0.15, 0.2) is 78.9 Å². The monoisotopic (exact) mass is 434 g/mol. The van der Waals surface area contributed by atoms with E-state index in [1.54, 1.807) is 5.19 Å². The molecule has 0 bridgehead atoms. The van der Waals surface area contributed by atoms with Gasteiger partial charge in [-0.05, 0) is 55.2 Å². The van der Waals surface area contributed by atoms with Crippen molar-refractivity contribution in [1.29, 1.82) is 0 Å². The summed E-state index contributed by atoms with van der Waals surface area (Å²) in [5.41, 5.74) is 0. The molecule has 0 heterocycles. The predicted molar refractivity (Wildman–Crippen MR) is 147 cm³/mol. The predicted octanol–water partition coefficient (Wildman–Crippen LogP) is 9.19. The Bertz CT molecular complexity index is 1400. The fourth-order valence-corrected chi connectivity index (χ4v) is 11.5. The van der Waals surface area contributed by atoms with Gasteiger partial charge in [0.2, 0.25) is 0 Å². The Morgan fingerprint density at radius 1 is 0.469 bits per heavy atom. The largest absolute Gasteiger partial charge is 0.0867 e. The second-order valence-corrected chi connectivity index (χ2v) is 14.3. The molecule has 0 aliphatic heterocycles. The van der Waals surface area contributed by atoms with Gasteiger partial charge in [0.15, 0.2) is 0 Å². The molecule has 0 saturated carbocycles. The van der Waals surface area contributed by atoms with Gasteiger partial charge in [-0.2, -0.15) is 0 Å². The zero-order valence-electron chi connectivity index (χ0n) is 19.7. The van der Waals surface area contributed by atoms with Crippen LogP contribution in [0.4, 0.5) is 0 Å². The first-order chi connectivity index (χ1) is 15.7. The Labute approximate surface area is 193 Å². The summed E-state index contributed by atoms with van der Waals surface area (Å²) >= 11 is 0. The van der Waals surface area contributed by atoms with Crippen LogP contribution in [-0.4, -0.2) is 8.07 Å². The number of rotatable bonds is 7. The molecule has 1 heteroatoms. The van der Waals surface area contributed by atoms with Gasteiger partial charge in [0.25, 0.3) is 0 Å². The molecule has 0 aliphatic carbocycles. The summed E-state index contributed by atoms with van der Waals surface area (Å²) in [7, 11) is -1.43. The van der Waals surface area contributed by atoms with Gasteiger partial charge in [-0.25, -0.2) is 0 Å². The Morgan fingerprint density at radius 2 is 1.00 bits per heavy atom. The minimum absolute atomic E-state index is 1.31. The van der Waals surface area contributed by atoms with Crippen molar-refractivity contribution in [2.75, 3.05) is 0 Å². The lowest BCUT2D eigenvalue weighted by atomic mass is 9.95. The molecule has 32 heavy (non-hydrogen) atoms. The lowest BCUT2D eigenvalue weighted by Gasteiger charge is -2.32. The Kier molecular flexibility index (Phi) is 5.78. The average Bonchev–Trinajstić information content (AvgIpc) is 2.82. The third-order valence-corrected chi connectivity index (χ3v) is 13.4. The summed E-state index contributed by atoms with van der Waals surface area (Å²) < 4.78 is 0. The van der Waals surface area contributed by atoms with Crippen LogP contribution in [0.1, 0.15) is 40.0 Å². The molecule has 0 fully saturated rings. The van der Waals surface area contributed by atoms with Crippen molar-refractivity contribution in [2.45, 2.75) is 58.2 Å². The number of fused-ring (bicyclic) bond motifs is 6. The van der Waals surface area contributed by atoms with E-state index in [2.05, 4.69) is 99.6 Å². The van der Waals surface area contributed by atoms with E-state index in [1.807, 2.05) is 0 Å². The third kappa shape index (κ3) is 3.53. The molecule has 0 aromatic heterocycles. The Hall–Kier alpha value is -2.64. The van der Waals surface area contributed by atoms with Gasteiger partial charge in [0.1, 0.15) is 0 Å². The second kappa shape index (κ2) is 8.71. The molecule has 5 aromatic rings. The quantitative estimate of drug-likeness (QED) is 0.136. The lowest BCUT2D eigenvalue weighted by molar-refractivity contribution is 0.937. The molecule has 0 unspecified atom stereocenters. The van der Waals surface area contributed by atoms with Gasteiger partial charge in [-0.1, -0.05) is 130 Å². The number of hydrogen-bond donors (Lipinski definition) is 0. The van der Waals surface area contributed by atoms with Crippen molar-refractivity contribution in [3.63, 3.8) is 0 Å². The molecule has 162 valence electrons. The fraction of sp³-hybridized carbons (Fsp3) is 0.290. The van der Waals surface area contributed by atoms with Crippen molar-refractivity contribution in [3.05, 3.63) is 78.9 Å². The van der Waals surface area contributed by atoms with Gasteiger partial charge < -0.3 is 0 Å². The summed E-state index contributed by atoms with van der Waals surface area (Å²) in [6, 6.07) is 34.5. The van der Waals surface area contributed by atoms with Crippen LogP contribution in [0.5, 0.6) is 0 Å². The zero-order valence-corrected chi connectivity index (χ0v) is 20.7. The van der Waals surface area contributed by atoms with Crippen LogP contribution < -0.4 is 5.19 Å². The van der Waals surface area contributed by atoms with Gasteiger partial charge in [0, 0.05) is 0 Å². The van der Waals surface area contributed by atoms with E-state index in [4.69, 9.17) is 0 Å². The van der Waals surface area contributed by atoms with Gasteiger partial charge in [-0.3, -0.25) is 0 Å². The first-order valence-electron chi connectivity index (χ1n) is 12.5. The summed E-state index contributed by atoms with van der Waals surface area (Å²) in [5.74, 6) is 0. The molecule has 0 saturated heterocycles. The molecule has 0 spiro atoms. The molecule has 0 atom stereocenters. The third-order valence-electron chi connectivity index (χ3n) is 7.50. The summed E-state index contributed by atoms with van der Waals surface area (Å²) in [6.45, 7) is 7.11. The maximum absolute atomic E-state index is 2.56. The smallest absolute Gasteiger partial charge is 0.0656 e. The first kappa shape index (κ1) is 21.2. The Balaban J connectivity index is 1.71. The van der Waals surface area contributed by atoms with E-state index in [1.165, 1.54) is 80.5 Å². The van der Waals surface area contributed by atoms with Crippen molar-refractivity contribution in [1.82, 2.24) is 0 Å². The van der Waals surface area contributed by atoms with Gasteiger partial charge in [0.05, 0.1) is 8.07 Å². The van der Waals surface area contributed by atoms with Crippen molar-refractivity contribution >= 4 is 56.4 Å². The molecule has 5 rings (SSSR count). The van der Waals surface area contributed by atoms with Crippen LogP contribution >= 0.6 is 0 Å². The molecule has 5 aromatic carbocycles. The number of benzene rings is 5. The highest BCUT2D eigenvalue weighted by Crippen LogP contribution is 2.34. The zero-order chi connectivity index (χ0) is 22.1. The normalized spacial score (nSPS) is 12.3. The molecule has 0 N–H and O–H groups in total. The van der Waals surface area contributed by atoms with Crippen LogP contribution in [0, 0.1) is 0 Å². The van der Waals surface area contributed by atoms with E-state index < -0.39 is 8.07 Å². The maximum Gasteiger partial charge on any atom is 0.0867 e. The topological polar surface area (TPSA) is 0 Å². The van der Waals surface area contributed by atoms with Crippen molar-refractivity contribution in [3.8, 4) is 0 Å². The van der Waals surface area contributed by atoms with Gasteiger partial charge in [-0.15, -0.1) is 0 Å². The van der Waals surface area contributed by atoms with E-state index in [9.17, 15) is 0 Å². The second-order valence-electron chi connectivity index (χ2n) is 9.61. The van der Waals surface area contributed by atoms with Crippen LogP contribution in [0.25, 0.3) is 43.1 Å². The van der Waals surface area contributed by atoms with Crippen molar-refractivity contribution in [2.24, 2.45) is 0 Å². The van der Waals surface area contributed by atoms with E-state index in [0.29, 0.717) is 0 Å². The lowest BCUT2D eigenvalue weighted by Crippen LogP contribution is -2.47. The molecule has 0 nitrogen and oxygen atoms in total. The van der Waals surface area contributed by atoms with Crippen LogP contribution in [0.2, 0.25) is 18.1 Å². The van der Waals surface area contributed by atoms with Crippen molar-refractivity contribution < 1.29 is 0 Å². The SMILES string of the molecule is CCC[Si](CCC)(CCC)c1ccc2c(ccc3c4cc5ccccc5cc4ccc23)c1. The average molecular weight is 435 g/mol. The van der Waals surface area contributed by atoms with E-state index in [-0.39, 0.29) is 0 Å². The molecular weight excluding hydrogens is 400 g/mol. The standard InChI is InChI=1S/C31H34Si/c1-4-17-32(18-5-2,19-6-3)27-13-16-28-26(21-27)12-15-30-29(28)14-11-25-20-23-9-7-8-10-24(23)22-31(25)30/h7-16,20-22H,4-6,17-19H2,1-3H3. The molecule has 0 amide bonds. The van der Waals surface area contributed by atoms with Crippen LogP contribution in [-0.2, 0) is 0 Å².